The fraction of sp³-hybridized carbons (Fsp3) is 0.611. The number of thiocarbonyl (C=S) groups is 1. The minimum Gasteiger partial charge on any atom is -0.358 e. The highest BCUT2D eigenvalue weighted by molar-refractivity contribution is 7.80. The maximum absolute atomic E-state index is 12.9. The Hall–Kier alpha value is -1.16. The molecule has 124 valence electrons. The van der Waals surface area contributed by atoms with Gasteiger partial charge in [-0.1, -0.05) is 51.7 Å². The van der Waals surface area contributed by atoms with Crippen LogP contribution in [0.3, 0.4) is 0 Å². The standard InChI is InChI=1S/C18H29FN2S/c1-3-5-7-13-21(14-8-6-4-2)18(22)20-15-16-9-11-17(19)12-10-16/h9-12H,3-8,13-15H2,1-2H3,(H,20,22). The predicted octanol–water partition coefficient (Wildman–Crippen LogP) is 4.88. The van der Waals surface area contributed by atoms with Crippen LogP contribution in [0.5, 0.6) is 0 Å². The lowest BCUT2D eigenvalue weighted by atomic mass is 10.2. The van der Waals surface area contributed by atoms with Crippen LogP contribution in [0.2, 0.25) is 0 Å². The average molecular weight is 325 g/mol. The summed E-state index contributed by atoms with van der Waals surface area (Å²) in [5, 5.41) is 4.12. The second-order valence-corrected chi connectivity index (χ2v) is 6.07. The summed E-state index contributed by atoms with van der Waals surface area (Å²) in [6, 6.07) is 6.56. The summed E-state index contributed by atoms with van der Waals surface area (Å²) in [6.07, 6.45) is 7.29. The smallest absolute Gasteiger partial charge is 0.169 e. The Bertz CT molecular complexity index is 410. The lowest BCUT2D eigenvalue weighted by molar-refractivity contribution is 0.384. The molecule has 0 heterocycles. The molecule has 0 spiro atoms. The molecular weight excluding hydrogens is 295 g/mol. The van der Waals surface area contributed by atoms with Gasteiger partial charge in [-0.15, -0.1) is 0 Å². The van der Waals surface area contributed by atoms with Crippen molar-refractivity contribution in [3.05, 3.63) is 35.6 Å². The maximum Gasteiger partial charge on any atom is 0.169 e. The van der Waals surface area contributed by atoms with Crippen molar-refractivity contribution < 1.29 is 4.39 Å². The SMILES string of the molecule is CCCCCN(CCCCC)C(=S)NCc1ccc(F)cc1. The van der Waals surface area contributed by atoms with Gasteiger partial charge in [-0.2, -0.15) is 0 Å². The molecule has 0 saturated carbocycles. The third kappa shape index (κ3) is 7.74. The number of halogens is 1. The van der Waals surface area contributed by atoms with Crippen molar-refractivity contribution in [2.75, 3.05) is 13.1 Å². The third-order valence-electron chi connectivity index (χ3n) is 3.71. The lowest BCUT2D eigenvalue weighted by Crippen LogP contribution is -2.40. The van der Waals surface area contributed by atoms with Crippen molar-refractivity contribution in [2.45, 2.75) is 58.9 Å². The van der Waals surface area contributed by atoms with E-state index in [0.717, 1.165) is 23.8 Å². The molecule has 0 fully saturated rings. The molecule has 0 saturated heterocycles. The van der Waals surface area contributed by atoms with Crippen LogP contribution in [-0.2, 0) is 6.54 Å². The van der Waals surface area contributed by atoms with Gasteiger partial charge in [0.2, 0.25) is 0 Å². The molecule has 0 aliphatic carbocycles. The Labute approximate surface area is 140 Å². The van der Waals surface area contributed by atoms with Crippen LogP contribution >= 0.6 is 12.2 Å². The van der Waals surface area contributed by atoms with Gasteiger partial charge in [0.25, 0.3) is 0 Å². The highest BCUT2D eigenvalue weighted by atomic mass is 32.1. The van der Waals surface area contributed by atoms with Crippen molar-refractivity contribution >= 4 is 17.3 Å². The predicted molar refractivity (Wildman–Crippen MR) is 96.5 cm³/mol. The molecule has 0 aliphatic heterocycles. The van der Waals surface area contributed by atoms with Gasteiger partial charge in [0.1, 0.15) is 5.82 Å². The number of unbranched alkanes of at least 4 members (excludes halogenated alkanes) is 4. The van der Waals surface area contributed by atoms with Crippen LogP contribution in [0.1, 0.15) is 57.9 Å². The van der Waals surface area contributed by atoms with Crippen molar-refractivity contribution in [3.8, 4) is 0 Å². The molecule has 1 N–H and O–H groups in total. The van der Waals surface area contributed by atoms with E-state index in [2.05, 4.69) is 24.1 Å². The number of rotatable bonds is 10. The lowest BCUT2D eigenvalue weighted by Gasteiger charge is -2.26. The van der Waals surface area contributed by atoms with E-state index in [-0.39, 0.29) is 5.82 Å². The molecule has 4 heteroatoms. The molecule has 22 heavy (non-hydrogen) atoms. The van der Waals surface area contributed by atoms with Gasteiger partial charge in [0.05, 0.1) is 0 Å². The number of nitrogens with one attached hydrogen (secondary N) is 1. The van der Waals surface area contributed by atoms with E-state index in [9.17, 15) is 4.39 Å². The molecular formula is C18H29FN2S. The van der Waals surface area contributed by atoms with Crippen LogP contribution in [0.15, 0.2) is 24.3 Å². The first-order chi connectivity index (χ1) is 10.7. The van der Waals surface area contributed by atoms with Crippen LogP contribution in [-0.4, -0.2) is 23.1 Å². The minimum atomic E-state index is -0.202. The van der Waals surface area contributed by atoms with E-state index < -0.39 is 0 Å². The Morgan fingerprint density at radius 3 is 2.05 bits per heavy atom. The molecule has 0 aliphatic rings. The normalized spacial score (nSPS) is 10.5. The summed E-state index contributed by atoms with van der Waals surface area (Å²) in [5.74, 6) is -0.202. The largest absolute Gasteiger partial charge is 0.358 e. The fourth-order valence-corrected chi connectivity index (χ4v) is 2.57. The zero-order valence-corrected chi connectivity index (χ0v) is 14.7. The first-order valence-electron chi connectivity index (χ1n) is 8.44. The number of hydrogen-bond acceptors (Lipinski definition) is 1. The van der Waals surface area contributed by atoms with Gasteiger partial charge in [-0.3, -0.25) is 0 Å². The van der Waals surface area contributed by atoms with Gasteiger partial charge in [0, 0.05) is 19.6 Å². The van der Waals surface area contributed by atoms with Crippen molar-refractivity contribution in [1.29, 1.82) is 0 Å². The zero-order valence-electron chi connectivity index (χ0n) is 13.9. The Morgan fingerprint density at radius 2 is 1.55 bits per heavy atom. The average Bonchev–Trinajstić information content (AvgIpc) is 2.53. The summed E-state index contributed by atoms with van der Waals surface area (Å²) in [5.41, 5.74) is 1.05. The van der Waals surface area contributed by atoms with E-state index in [1.54, 1.807) is 12.1 Å². The molecule has 1 aromatic carbocycles. The highest BCUT2D eigenvalue weighted by Gasteiger charge is 2.08. The van der Waals surface area contributed by atoms with Gasteiger partial charge in [-0.25, -0.2) is 4.39 Å². The topological polar surface area (TPSA) is 15.3 Å². The summed E-state index contributed by atoms with van der Waals surface area (Å²) in [6.45, 7) is 7.12. The third-order valence-corrected chi connectivity index (χ3v) is 4.11. The first-order valence-corrected chi connectivity index (χ1v) is 8.85. The molecule has 1 aromatic rings. The Kier molecular flexibility index (Phi) is 9.80. The Balaban J connectivity index is 2.44. The summed E-state index contributed by atoms with van der Waals surface area (Å²) >= 11 is 5.54. The molecule has 0 atom stereocenters. The van der Waals surface area contributed by atoms with Crippen molar-refractivity contribution in [1.82, 2.24) is 10.2 Å². The summed E-state index contributed by atoms with van der Waals surface area (Å²) in [4.78, 5) is 2.28. The van der Waals surface area contributed by atoms with Crippen LogP contribution in [0.4, 0.5) is 4.39 Å². The van der Waals surface area contributed by atoms with E-state index in [1.807, 2.05) is 0 Å². The fourth-order valence-electron chi connectivity index (χ4n) is 2.31. The van der Waals surface area contributed by atoms with Crippen LogP contribution in [0, 0.1) is 5.82 Å². The Morgan fingerprint density at radius 1 is 1.00 bits per heavy atom. The van der Waals surface area contributed by atoms with Crippen LogP contribution in [0.25, 0.3) is 0 Å². The van der Waals surface area contributed by atoms with Gasteiger partial charge < -0.3 is 10.2 Å². The second-order valence-electron chi connectivity index (χ2n) is 5.69. The minimum absolute atomic E-state index is 0.202. The van der Waals surface area contributed by atoms with E-state index in [1.165, 1.54) is 50.7 Å². The number of nitrogens with zero attached hydrogens (tertiary/aromatic N) is 1. The molecule has 0 radical (unpaired) electrons. The highest BCUT2D eigenvalue weighted by Crippen LogP contribution is 2.05. The van der Waals surface area contributed by atoms with Gasteiger partial charge in [0.15, 0.2) is 5.11 Å². The summed E-state index contributed by atoms with van der Waals surface area (Å²) < 4.78 is 12.9. The van der Waals surface area contributed by atoms with Crippen molar-refractivity contribution in [2.24, 2.45) is 0 Å². The molecule has 0 unspecified atom stereocenters. The van der Waals surface area contributed by atoms with E-state index in [0.29, 0.717) is 6.54 Å². The van der Waals surface area contributed by atoms with Gasteiger partial charge >= 0.3 is 0 Å². The molecule has 0 bridgehead atoms. The van der Waals surface area contributed by atoms with E-state index in [4.69, 9.17) is 12.2 Å². The zero-order chi connectivity index (χ0) is 16.2. The molecule has 0 aromatic heterocycles. The summed E-state index contributed by atoms with van der Waals surface area (Å²) in [7, 11) is 0. The second kappa shape index (κ2) is 11.4. The quantitative estimate of drug-likeness (QED) is 0.487. The van der Waals surface area contributed by atoms with E-state index >= 15 is 0 Å². The number of hydrogen-bond donors (Lipinski definition) is 1. The van der Waals surface area contributed by atoms with Crippen molar-refractivity contribution in [3.63, 3.8) is 0 Å². The molecule has 0 amide bonds. The molecule has 1 rings (SSSR count). The maximum atomic E-state index is 12.9. The molecule has 2 nitrogen and oxygen atoms in total. The monoisotopic (exact) mass is 324 g/mol. The van der Waals surface area contributed by atoms with Gasteiger partial charge in [-0.05, 0) is 42.8 Å². The number of benzene rings is 1. The van der Waals surface area contributed by atoms with Crippen LogP contribution < -0.4 is 5.32 Å². The first kappa shape index (κ1) is 18.9.